The molecule has 88 valence electrons. The lowest BCUT2D eigenvalue weighted by Gasteiger charge is -2.23. The summed E-state index contributed by atoms with van der Waals surface area (Å²) in [4.78, 5) is 0. The molecule has 0 radical (unpaired) electrons. The molecule has 0 rings (SSSR count). The SMILES string of the molecule is CC(C)(C)COCC(C)(C)C.ClCCl. The van der Waals surface area contributed by atoms with E-state index in [2.05, 4.69) is 41.5 Å². The predicted octanol–water partition coefficient (Wildman–Crippen LogP) is 4.52. The molecule has 3 heteroatoms. The Morgan fingerprint density at radius 1 is 0.786 bits per heavy atom. The van der Waals surface area contributed by atoms with Crippen molar-refractivity contribution in [1.82, 2.24) is 0 Å². The van der Waals surface area contributed by atoms with Crippen LogP contribution < -0.4 is 0 Å². The molecular formula is C11H24Cl2O. The van der Waals surface area contributed by atoms with Crippen molar-refractivity contribution in [2.24, 2.45) is 10.8 Å². The first-order valence-corrected chi connectivity index (χ1v) is 5.89. The Balaban J connectivity index is 0. The minimum atomic E-state index is 0.194. The first-order chi connectivity index (χ1) is 6.12. The van der Waals surface area contributed by atoms with Crippen molar-refractivity contribution in [3.05, 3.63) is 0 Å². The zero-order chi connectivity index (χ0) is 11.8. The van der Waals surface area contributed by atoms with Gasteiger partial charge >= 0.3 is 0 Å². The molecule has 0 aromatic carbocycles. The highest BCUT2D eigenvalue weighted by atomic mass is 35.5. The fourth-order valence-electron chi connectivity index (χ4n) is 0.663. The highest BCUT2D eigenvalue weighted by Crippen LogP contribution is 2.17. The Morgan fingerprint density at radius 2 is 1.00 bits per heavy atom. The van der Waals surface area contributed by atoms with E-state index < -0.39 is 0 Å². The van der Waals surface area contributed by atoms with Crippen LogP contribution in [0.5, 0.6) is 0 Å². The maximum atomic E-state index is 5.56. The van der Waals surface area contributed by atoms with Crippen LogP contribution in [0.3, 0.4) is 0 Å². The maximum Gasteiger partial charge on any atom is 0.0967 e. The van der Waals surface area contributed by atoms with E-state index in [1.54, 1.807) is 0 Å². The molecule has 0 saturated heterocycles. The summed E-state index contributed by atoms with van der Waals surface area (Å²) in [6, 6.07) is 0. The standard InChI is InChI=1S/C10H22O.CH2Cl2/c1-9(2,3)7-11-8-10(4,5)6;2-1-3/h7-8H2,1-6H3;1H2. The van der Waals surface area contributed by atoms with Gasteiger partial charge in [0.2, 0.25) is 0 Å². The van der Waals surface area contributed by atoms with Gasteiger partial charge in [-0.1, -0.05) is 41.5 Å². The van der Waals surface area contributed by atoms with Gasteiger partial charge in [-0.2, -0.15) is 0 Å². The summed E-state index contributed by atoms with van der Waals surface area (Å²) in [5.41, 5.74) is 0.594. The minimum absolute atomic E-state index is 0.194. The zero-order valence-corrected chi connectivity index (χ0v) is 11.8. The highest BCUT2D eigenvalue weighted by Gasteiger charge is 2.14. The fraction of sp³-hybridized carbons (Fsp3) is 1.00. The van der Waals surface area contributed by atoms with Gasteiger partial charge in [0, 0.05) is 0 Å². The Bertz CT molecular complexity index is 108. The van der Waals surface area contributed by atoms with Gasteiger partial charge in [-0.3, -0.25) is 0 Å². The molecule has 0 N–H and O–H groups in total. The molecule has 0 spiro atoms. The van der Waals surface area contributed by atoms with Crippen LogP contribution in [0.15, 0.2) is 0 Å². The van der Waals surface area contributed by atoms with Gasteiger partial charge in [-0.15, -0.1) is 23.2 Å². The maximum absolute atomic E-state index is 5.56. The van der Waals surface area contributed by atoms with Crippen LogP contribution in [0.4, 0.5) is 0 Å². The third-order valence-electron chi connectivity index (χ3n) is 1.07. The predicted molar refractivity (Wildman–Crippen MR) is 66.3 cm³/mol. The van der Waals surface area contributed by atoms with Gasteiger partial charge in [-0.05, 0) is 10.8 Å². The number of alkyl halides is 2. The zero-order valence-electron chi connectivity index (χ0n) is 10.3. The molecule has 0 fully saturated rings. The molecule has 0 aliphatic heterocycles. The van der Waals surface area contributed by atoms with E-state index >= 15 is 0 Å². The van der Waals surface area contributed by atoms with Crippen LogP contribution in [0.25, 0.3) is 0 Å². The molecule has 0 heterocycles. The molecule has 0 bridgehead atoms. The van der Waals surface area contributed by atoms with Crippen LogP contribution in [0, 0.1) is 10.8 Å². The normalized spacial score (nSPS) is 12.0. The lowest BCUT2D eigenvalue weighted by atomic mass is 9.97. The molecule has 0 aromatic rings. The lowest BCUT2D eigenvalue weighted by molar-refractivity contribution is 0.0275. The summed E-state index contributed by atoms with van der Waals surface area (Å²) in [5.74, 6) is 0. The molecule has 0 atom stereocenters. The molecular weight excluding hydrogens is 219 g/mol. The second kappa shape index (κ2) is 7.78. The van der Waals surface area contributed by atoms with Gasteiger partial charge in [0.25, 0.3) is 0 Å². The van der Waals surface area contributed by atoms with Crippen molar-refractivity contribution in [2.45, 2.75) is 41.5 Å². The van der Waals surface area contributed by atoms with Crippen LogP contribution in [-0.2, 0) is 4.74 Å². The van der Waals surface area contributed by atoms with Gasteiger partial charge < -0.3 is 4.74 Å². The summed E-state index contributed by atoms with van der Waals surface area (Å²) in [5, 5.41) is 0.194. The first kappa shape index (κ1) is 17.0. The van der Waals surface area contributed by atoms with E-state index in [1.165, 1.54) is 0 Å². The van der Waals surface area contributed by atoms with Gasteiger partial charge in [-0.25, -0.2) is 0 Å². The first-order valence-electron chi connectivity index (χ1n) is 4.82. The number of halogens is 2. The van der Waals surface area contributed by atoms with Crippen molar-refractivity contribution in [1.29, 1.82) is 0 Å². The van der Waals surface area contributed by atoms with Gasteiger partial charge in [0.1, 0.15) is 0 Å². The van der Waals surface area contributed by atoms with Crippen LogP contribution in [-0.4, -0.2) is 18.6 Å². The average Bonchev–Trinajstić information content (AvgIpc) is 1.81. The van der Waals surface area contributed by atoms with Crippen LogP contribution in [0.1, 0.15) is 41.5 Å². The molecule has 1 nitrogen and oxygen atoms in total. The molecule has 0 aromatic heterocycles. The van der Waals surface area contributed by atoms with Gasteiger partial charge in [0.05, 0.1) is 18.6 Å². The van der Waals surface area contributed by atoms with E-state index in [1.807, 2.05) is 0 Å². The van der Waals surface area contributed by atoms with Crippen molar-refractivity contribution in [3.8, 4) is 0 Å². The van der Waals surface area contributed by atoms with Crippen LogP contribution in [0.2, 0.25) is 0 Å². The molecule has 0 aliphatic rings. The third kappa shape index (κ3) is 22.9. The Hall–Kier alpha value is 0.540. The van der Waals surface area contributed by atoms with Gasteiger partial charge in [0.15, 0.2) is 0 Å². The average molecular weight is 243 g/mol. The lowest BCUT2D eigenvalue weighted by Crippen LogP contribution is -2.21. The second-order valence-corrected chi connectivity index (χ2v) is 6.52. The Kier molecular flexibility index (Phi) is 9.42. The molecule has 0 saturated carbocycles. The van der Waals surface area contributed by atoms with Crippen molar-refractivity contribution in [3.63, 3.8) is 0 Å². The summed E-state index contributed by atoms with van der Waals surface area (Å²) in [7, 11) is 0. The number of hydrogen-bond donors (Lipinski definition) is 0. The van der Waals surface area contributed by atoms with Crippen molar-refractivity contribution in [2.75, 3.05) is 18.6 Å². The molecule has 0 amide bonds. The quantitative estimate of drug-likeness (QED) is 0.648. The Labute approximate surface area is 99.1 Å². The topological polar surface area (TPSA) is 9.23 Å². The summed E-state index contributed by atoms with van der Waals surface area (Å²) in [6.45, 7) is 14.8. The van der Waals surface area contributed by atoms with Crippen LogP contribution >= 0.6 is 23.2 Å². The fourth-order valence-corrected chi connectivity index (χ4v) is 0.663. The minimum Gasteiger partial charge on any atom is -0.380 e. The summed E-state index contributed by atoms with van der Waals surface area (Å²) >= 11 is 9.53. The van der Waals surface area contributed by atoms with E-state index in [9.17, 15) is 0 Å². The molecule has 14 heavy (non-hydrogen) atoms. The largest absolute Gasteiger partial charge is 0.380 e. The molecule has 0 aliphatic carbocycles. The van der Waals surface area contributed by atoms with E-state index in [0.717, 1.165) is 13.2 Å². The number of hydrogen-bond acceptors (Lipinski definition) is 1. The monoisotopic (exact) mass is 242 g/mol. The molecule has 0 unspecified atom stereocenters. The Morgan fingerprint density at radius 3 is 1.14 bits per heavy atom. The van der Waals surface area contributed by atoms with E-state index in [4.69, 9.17) is 27.9 Å². The number of rotatable bonds is 2. The van der Waals surface area contributed by atoms with E-state index in [-0.39, 0.29) is 5.34 Å². The van der Waals surface area contributed by atoms with E-state index in [0.29, 0.717) is 10.8 Å². The second-order valence-electron chi connectivity index (χ2n) is 5.72. The smallest absolute Gasteiger partial charge is 0.0967 e. The third-order valence-corrected chi connectivity index (χ3v) is 1.07. The highest BCUT2D eigenvalue weighted by molar-refractivity contribution is 6.40. The summed E-state index contributed by atoms with van der Waals surface area (Å²) in [6.07, 6.45) is 0. The van der Waals surface area contributed by atoms with Crippen molar-refractivity contribution >= 4 is 23.2 Å². The van der Waals surface area contributed by atoms with Crippen molar-refractivity contribution < 1.29 is 4.74 Å². The summed E-state index contributed by atoms with van der Waals surface area (Å²) < 4.78 is 5.56. The number of ether oxygens (including phenoxy) is 1.